The number of anilines is 1. The number of aromatic amines is 1. The molecule has 0 aliphatic heterocycles. The molecule has 0 aliphatic carbocycles. The molecule has 5 rings (SSSR count). The van der Waals surface area contributed by atoms with E-state index in [9.17, 15) is 4.79 Å². The fourth-order valence-corrected chi connectivity index (χ4v) is 3.17. The third-order valence-corrected chi connectivity index (χ3v) is 4.79. The first-order chi connectivity index (χ1) is 15.2. The van der Waals surface area contributed by atoms with Crippen LogP contribution in [0.2, 0.25) is 0 Å². The van der Waals surface area contributed by atoms with Crippen molar-refractivity contribution in [2.75, 3.05) is 12.4 Å². The minimum atomic E-state index is -0.279. The summed E-state index contributed by atoms with van der Waals surface area (Å²) < 4.78 is 6.85. The molecule has 0 saturated heterocycles. The third kappa shape index (κ3) is 3.71. The summed E-state index contributed by atoms with van der Waals surface area (Å²) in [5.74, 6) is 0.447. The summed E-state index contributed by atoms with van der Waals surface area (Å²) in [6.07, 6.45) is 1.55. The lowest BCUT2D eigenvalue weighted by atomic mass is 10.1. The number of methoxy groups -OCH3 is 1. The van der Waals surface area contributed by atoms with Crippen LogP contribution < -0.4 is 10.1 Å². The molecule has 0 atom stereocenters. The van der Waals surface area contributed by atoms with E-state index in [0.717, 1.165) is 22.6 Å². The van der Waals surface area contributed by atoms with Crippen molar-refractivity contribution in [3.8, 4) is 28.3 Å². The SMILES string of the molecule is COc1cccc(-c2cc(C(=O)Nc3ccc(-c4ccc5nncn5n4)cc3)[nH]n2)c1. The molecule has 0 aliphatic rings. The second-order valence-corrected chi connectivity index (χ2v) is 6.78. The Kier molecular flexibility index (Phi) is 4.60. The molecule has 0 spiro atoms. The lowest BCUT2D eigenvalue weighted by molar-refractivity contribution is 0.102. The summed E-state index contributed by atoms with van der Waals surface area (Å²) in [7, 11) is 1.61. The topological polar surface area (TPSA) is 110 Å². The number of fused-ring (bicyclic) bond motifs is 1. The van der Waals surface area contributed by atoms with Gasteiger partial charge in [0.1, 0.15) is 17.8 Å². The number of H-pyrrole nitrogens is 1. The van der Waals surface area contributed by atoms with Crippen molar-refractivity contribution in [3.63, 3.8) is 0 Å². The van der Waals surface area contributed by atoms with Crippen LogP contribution in [0, 0.1) is 0 Å². The molecule has 5 aromatic rings. The predicted octanol–water partition coefficient (Wildman–Crippen LogP) is 3.44. The molecule has 9 nitrogen and oxygen atoms in total. The summed E-state index contributed by atoms with van der Waals surface area (Å²) in [6.45, 7) is 0. The molecule has 0 saturated carbocycles. The van der Waals surface area contributed by atoms with Crippen LogP contribution in [-0.2, 0) is 0 Å². The molecule has 2 N–H and O–H groups in total. The van der Waals surface area contributed by atoms with Gasteiger partial charge in [0.15, 0.2) is 5.65 Å². The zero-order valence-electron chi connectivity index (χ0n) is 16.5. The van der Waals surface area contributed by atoms with Gasteiger partial charge >= 0.3 is 0 Å². The fourth-order valence-electron chi connectivity index (χ4n) is 3.17. The highest BCUT2D eigenvalue weighted by Crippen LogP contribution is 2.23. The minimum Gasteiger partial charge on any atom is -0.497 e. The number of nitrogens with one attached hydrogen (secondary N) is 2. The maximum absolute atomic E-state index is 12.6. The Morgan fingerprint density at radius 1 is 1.00 bits per heavy atom. The number of aromatic nitrogens is 6. The quantitative estimate of drug-likeness (QED) is 0.458. The van der Waals surface area contributed by atoms with Crippen molar-refractivity contribution in [3.05, 3.63) is 78.8 Å². The number of hydrogen-bond donors (Lipinski definition) is 2. The van der Waals surface area contributed by atoms with Crippen LogP contribution in [0.25, 0.3) is 28.2 Å². The highest BCUT2D eigenvalue weighted by atomic mass is 16.5. The van der Waals surface area contributed by atoms with Crippen LogP contribution in [0.1, 0.15) is 10.5 Å². The second-order valence-electron chi connectivity index (χ2n) is 6.78. The molecule has 3 aromatic heterocycles. The monoisotopic (exact) mass is 411 g/mol. The highest BCUT2D eigenvalue weighted by Gasteiger charge is 2.12. The van der Waals surface area contributed by atoms with Crippen LogP contribution in [0.4, 0.5) is 5.69 Å². The molecule has 0 fully saturated rings. The largest absolute Gasteiger partial charge is 0.497 e. The first-order valence-electron chi connectivity index (χ1n) is 9.48. The Labute approximate surface area is 176 Å². The van der Waals surface area contributed by atoms with Crippen LogP contribution in [-0.4, -0.2) is 43.0 Å². The van der Waals surface area contributed by atoms with E-state index in [0.29, 0.717) is 22.7 Å². The standard InChI is InChI=1S/C22H17N7O2/c1-31-17-4-2-3-15(11-17)19-12-20(26-25-19)22(30)24-16-7-5-14(6-8-16)18-9-10-21-27-23-13-29(21)28-18/h2-13H,1H3,(H,24,30)(H,25,26). The molecule has 0 bridgehead atoms. The van der Waals surface area contributed by atoms with Gasteiger partial charge in [0, 0.05) is 16.8 Å². The number of ether oxygens (including phenoxy) is 1. The van der Waals surface area contributed by atoms with Gasteiger partial charge in [-0.3, -0.25) is 9.89 Å². The molecule has 9 heteroatoms. The van der Waals surface area contributed by atoms with Gasteiger partial charge < -0.3 is 10.1 Å². The Balaban J connectivity index is 1.31. The van der Waals surface area contributed by atoms with Crippen molar-refractivity contribution in [1.29, 1.82) is 0 Å². The first-order valence-corrected chi connectivity index (χ1v) is 9.48. The molecule has 0 unspecified atom stereocenters. The van der Waals surface area contributed by atoms with Crippen LogP contribution >= 0.6 is 0 Å². The molecule has 31 heavy (non-hydrogen) atoms. The average Bonchev–Trinajstić information content (AvgIpc) is 3.49. The van der Waals surface area contributed by atoms with Gasteiger partial charge in [-0.1, -0.05) is 24.3 Å². The Morgan fingerprint density at radius 2 is 1.87 bits per heavy atom. The van der Waals surface area contributed by atoms with Gasteiger partial charge in [-0.15, -0.1) is 10.2 Å². The zero-order chi connectivity index (χ0) is 21.2. The lowest BCUT2D eigenvalue weighted by Crippen LogP contribution is -2.12. The summed E-state index contributed by atoms with van der Waals surface area (Å²) >= 11 is 0. The molecule has 3 heterocycles. The van der Waals surface area contributed by atoms with Crippen molar-refractivity contribution in [2.45, 2.75) is 0 Å². The van der Waals surface area contributed by atoms with E-state index >= 15 is 0 Å². The van der Waals surface area contributed by atoms with Gasteiger partial charge in [0.25, 0.3) is 5.91 Å². The first kappa shape index (κ1) is 18.5. The average molecular weight is 411 g/mol. The summed E-state index contributed by atoms with van der Waals surface area (Å²) in [5, 5.41) is 22.1. The van der Waals surface area contributed by atoms with E-state index in [4.69, 9.17) is 4.74 Å². The van der Waals surface area contributed by atoms with Gasteiger partial charge in [-0.2, -0.15) is 14.7 Å². The van der Waals surface area contributed by atoms with Gasteiger partial charge in [0.05, 0.1) is 18.5 Å². The van der Waals surface area contributed by atoms with E-state index in [-0.39, 0.29) is 5.91 Å². The van der Waals surface area contributed by atoms with Crippen molar-refractivity contribution >= 4 is 17.2 Å². The minimum absolute atomic E-state index is 0.279. The Bertz CT molecular complexity index is 1370. The lowest BCUT2D eigenvalue weighted by Gasteiger charge is -2.05. The van der Waals surface area contributed by atoms with Gasteiger partial charge in [-0.25, -0.2) is 0 Å². The second kappa shape index (κ2) is 7.71. The number of carbonyl (C=O) groups is 1. The number of rotatable bonds is 5. The normalized spacial score (nSPS) is 10.9. The predicted molar refractivity (Wildman–Crippen MR) is 115 cm³/mol. The third-order valence-electron chi connectivity index (χ3n) is 4.79. The Hall–Kier alpha value is -4.53. The molecule has 2 aromatic carbocycles. The molecule has 0 radical (unpaired) electrons. The smallest absolute Gasteiger partial charge is 0.273 e. The van der Waals surface area contributed by atoms with Gasteiger partial charge in [-0.05, 0) is 42.5 Å². The number of carbonyl (C=O) groups excluding carboxylic acids is 1. The number of hydrogen-bond acceptors (Lipinski definition) is 6. The van der Waals surface area contributed by atoms with E-state index in [2.05, 4.69) is 30.8 Å². The van der Waals surface area contributed by atoms with Crippen molar-refractivity contribution < 1.29 is 9.53 Å². The van der Waals surface area contributed by atoms with Crippen molar-refractivity contribution in [2.24, 2.45) is 0 Å². The molecule has 1 amide bonds. The van der Waals surface area contributed by atoms with Crippen LogP contribution in [0.3, 0.4) is 0 Å². The number of nitrogens with zero attached hydrogens (tertiary/aromatic N) is 5. The summed E-state index contributed by atoms with van der Waals surface area (Å²) in [4.78, 5) is 12.6. The zero-order valence-corrected chi connectivity index (χ0v) is 16.5. The van der Waals surface area contributed by atoms with Crippen LogP contribution in [0.5, 0.6) is 5.75 Å². The fraction of sp³-hybridized carbons (Fsp3) is 0.0455. The van der Waals surface area contributed by atoms with Crippen LogP contribution in [0.15, 0.2) is 73.1 Å². The van der Waals surface area contributed by atoms with Crippen molar-refractivity contribution in [1.82, 2.24) is 30.0 Å². The van der Waals surface area contributed by atoms with Gasteiger partial charge in [0.2, 0.25) is 0 Å². The molecular weight excluding hydrogens is 394 g/mol. The number of amides is 1. The Morgan fingerprint density at radius 3 is 2.71 bits per heavy atom. The molecule has 152 valence electrons. The highest BCUT2D eigenvalue weighted by molar-refractivity contribution is 6.03. The maximum Gasteiger partial charge on any atom is 0.273 e. The molecular formula is C22H17N7O2. The maximum atomic E-state index is 12.6. The van der Waals surface area contributed by atoms with E-state index in [1.807, 2.05) is 60.7 Å². The van der Waals surface area contributed by atoms with E-state index in [1.54, 1.807) is 24.0 Å². The number of benzene rings is 2. The summed E-state index contributed by atoms with van der Waals surface area (Å²) in [6, 6.07) is 20.4. The van der Waals surface area contributed by atoms with E-state index in [1.165, 1.54) is 0 Å². The van der Waals surface area contributed by atoms with E-state index < -0.39 is 0 Å². The summed E-state index contributed by atoms with van der Waals surface area (Å²) in [5.41, 5.74) is 4.92.